The maximum atomic E-state index is 12.8. The molecule has 1 heterocycles. The Morgan fingerprint density at radius 1 is 1.10 bits per heavy atom. The molecule has 1 amide bonds. The molecule has 1 N–H and O–H groups in total. The van der Waals surface area contributed by atoms with Gasteiger partial charge in [-0.2, -0.15) is 0 Å². The SMILES string of the molecule is COc1ccccc1N(c1nc(-c2ccc(C)cc2)cs1)[C@H](C)C(=O)NC(C)C. The van der Waals surface area contributed by atoms with E-state index in [0.717, 1.165) is 22.1 Å². The number of hydrogen-bond acceptors (Lipinski definition) is 5. The van der Waals surface area contributed by atoms with Crippen LogP contribution in [0.15, 0.2) is 53.9 Å². The predicted octanol–water partition coefficient (Wildman–Crippen LogP) is 5.18. The molecule has 5 nitrogen and oxygen atoms in total. The Kier molecular flexibility index (Phi) is 6.54. The van der Waals surface area contributed by atoms with Gasteiger partial charge in [0.25, 0.3) is 0 Å². The molecule has 0 aliphatic carbocycles. The van der Waals surface area contributed by atoms with Gasteiger partial charge >= 0.3 is 0 Å². The van der Waals surface area contributed by atoms with Crippen molar-refractivity contribution in [1.82, 2.24) is 10.3 Å². The van der Waals surface area contributed by atoms with Crippen LogP contribution in [0.3, 0.4) is 0 Å². The molecule has 3 rings (SSSR count). The fourth-order valence-corrected chi connectivity index (χ4v) is 3.99. The third-order valence-electron chi connectivity index (χ3n) is 4.59. The van der Waals surface area contributed by atoms with Crippen molar-refractivity contribution in [2.75, 3.05) is 12.0 Å². The smallest absolute Gasteiger partial charge is 0.243 e. The third kappa shape index (κ3) is 4.77. The number of amides is 1. The van der Waals surface area contributed by atoms with Gasteiger partial charge in [-0.1, -0.05) is 42.0 Å². The highest BCUT2D eigenvalue weighted by Crippen LogP contribution is 2.38. The lowest BCUT2D eigenvalue weighted by atomic mass is 10.1. The number of carbonyl (C=O) groups is 1. The highest BCUT2D eigenvalue weighted by molar-refractivity contribution is 7.14. The van der Waals surface area contributed by atoms with E-state index in [-0.39, 0.29) is 11.9 Å². The predicted molar refractivity (Wildman–Crippen MR) is 120 cm³/mol. The van der Waals surface area contributed by atoms with E-state index in [1.54, 1.807) is 7.11 Å². The van der Waals surface area contributed by atoms with E-state index in [0.29, 0.717) is 5.75 Å². The summed E-state index contributed by atoms with van der Waals surface area (Å²) >= 11 is 1.51. The molecule has 3 aromatic rings. The van der Waals surface area contributed by atoms with Gasteiger partial charge in [-0.15, -0.1) is 11.3 Å². The topological polar surface area (TPSA) is 54.5 Å². The summed E-state index contributed by atoms with van der Waals surface area (Å²) in [4.78, 5) is 19.6. The van der Waals surface area contributed by atoms with E-state index in [2.05, 4.69) is 36.5 Å². The van der Waals surface area contributed by atoms with Gasteiger partial charge in [0.05, 0.1) is 18.5 Å². The van der Waals surface area contributed by atoms with Gasteiger partial charge in [-0.05, 0) is 39.8 Å². The van der Waals surface area contributed by atoms with Gasteiger partial charge in [-0.25, -0.2) is 4.98 Å². The van der Waals surface area contributed by atoms with Crippen LogP contribution in [0.5, 0.6) is 5.75 Å². The van der Waals surface area contributed by atoms with E-state index in [1.807, 2.05) is 55.3 Å². The van der Waals surface area contributed by atoms with Gasteiger partial charge < -0.3 is 15.0 Å². The van der Waals surface area contributed by atoms with Crippen LogP contribution in [0.1, 0.15) is 26.3 Å². The molecule has 0 saturated heterocycles. The number of rotatable bonds is 7. The molecule has 152 valence electrons. The molecule has 2 aromatic carbocycles. The monoisotopic (exact) mass is 409 g/mol. The Morgan fingerprint density at radius 2 is 1.79 bits per heavy atom. The molecular weight excluding hydrogens is 382 g/mol. The molecule has 1 atom stereocenters. The number of aromatic nitrogens is 1. The van der Waals surface area contributed by atoms with E-state index >= 15 is 0 Å². The van der Waals surface area contributed by atoms with Crippen molar-refractivity contribution in [2.24, 2.45) is 0 Å². The van der Waals surface area contributed by atoms with Crippen molar-refractivity contribution >= 4 is 28.1 Å². The molecule has 0 unspecified atom stereocenters. The molecule has 0 radical (unpaired) electrons. The van der Waals surface area contributed by atoms with Gasteiger partial charge in [0.2, 0.25) is 5.91 Å². The molecule has 1 aromatic heterocycles. The Morgan fingerprint density at radius 3 is 2.45 bits per heavy atom. The first-order chi connectivity index (χ1) is 13.9. The summed E-state index contributed by atoms with van der Waals surface area (Å²) in [5, 5.41) is 5.77. The zero-order valence-electron chi connectivity index (χ0n) is 17.5. The minimum atomic E-state index is -0.453. The van der Waals surface area contributed by atoms with E-state index in [1.165, 1.54) is 16.9 Å². The maximum absolute atomic E-state index is 12.8. The number of ether oxygens (including phenoxy) is 1. The molecule has 6 heteroatoms. The first-order valence-electron chi connectivity index (χ1n) is 9.66. The summed E-state index contributed by atoms with van der Waals surface area (Å²) in [6.45, 7) is 7.86. The van der Waals surface area contributed by atoms with Crippen molar-refractivity contribution in [3.05, 3.63) is 59.5 Å². The summed E-state index contributed by atoms with van der Waals surface area (Å²) in [5.41, 5.74) is 3.96. The highest BCUT2D eigenvalue weighted by Gasteiger charge is 2.28. The average Bonchev–Trinajstić information content (AvgIpc) is 3.18. The van der Waals surface area contributed by atoms with Crippen LogP contribution in [0.25, 0.3) is 11.3 Å². The minimum absolute atomic E-state index is 0.0574. The Hall–Kier alpha value is -2.86. The molecule has 0 aliphatic heterocycles. The average molecular weight is 410 g/mol. The van der Waals surface area contributed by atoms with E-state index in [9.17, 15) is 4.79 Å². The second-order valence-electron chi connectivity index (χ2n) is 7.26. The summed E-state index contributed by atoms with van der Waals surface area (Å²) in [7, 11) is 1.63. The molecule has 0 bridgehead atoms. The number of nitrogens with one attached hydrogen (secondary N) is 1. The van der Waals surface area contributed by atoms with Gasteiger partial charge in [0.15, 0.2) is 5.13 Å². The number of aryl methyl sites for hydroxylation is 1. The molecule has 0 aliphatic rings. The first kappa shape index (κ1) is 20.9. The van der Waals surface area contributed by atoms with E-state index < -0.39 is 6.04 Å². The van der Waals surface area contributed by atoms with Crippen LogP contribution < -0.4 is 15.0 Å². The second kappa shape index (κ2) is 9.09. The van der Waals surface area contributed by atoms with Crippen molar-refractivity contribution in [2.45, 2.75) is 39.8 Å². The van der Waals surface area contributed by atoms with E-state index in [4.69, 9.17) is 9.72 Å². The Balaban J connectivity index is 2.03. The summed E-state index contributed by atoms with van der Waals surface area (Å²) in [6, 6.07) is 15.6. The zero-order chi connectivity index (χ0) is 21.0. The Labute approximate surface area is 176 Å². The number of benzene rings is 2. The molecule has 0 spiro atoms. The lowest BCUT2D eigenvalue weighted by Gasteiger charge is -2.29. The summed E-state index contributed by atoms with van der Waals surface area (Å²) in [5.74, 6) is 0.641. The number of para-hydroxylation sites is 2. The second-order valence-corrected chi connectivity index (χ2v) is 8.10. The van der Waals surface area contributed by atoms with Crippen LogP contribution in [0, 0.1) is 6.92 Å². The molecule has 0 fully saturated rings. The van der Waals surface area contributed by atoms with Gasteiger partial charge in [0, 0.05) is 17.0 Å². The van der Waals surface area contributed by atoms with Gasteiger partial charge in [0.1, 0.15) is 11.8 Å². The van der Waals surface area contributed by atoms with Crippen LogP contribution >= 0.6 is 11.3 Å². The zero-order valence-corrected chi connectivity index (χ0v) is 18.3. The van der Waals surface area contributed by atoms with Crippen LogP contribution in [-0.4, -0.2) is 30.1 Å². The summed E-state index contributed by atoms with van der Waals surface area (Å²) < 4.78 is 5.57. The molecule has 0 saturated carbocycles. The fraction of sp³-hybridized carbons (Fsp3) is 0.304. The van der Waals surface area contributed by atoms with Crippen molar-refractivity contribution < 1.29 is 9.53 Å². The number of anilines is 2. The third-order valence-corrected chi connectivity index (χ3v) is 5.43. The molecule has 29 heavy (non-hydrogen) atoms. The normalized spacial score (nSPS) is 11.9. The first-order valence-corrected chi connectivity index (χ1v) is 10.5. The maximum Gasteiger partial charge on any atom is 0.243 e. The Bertz CT molecular complexity index is 966. The standard InChI is InChI=1S/C23H27N3O2S/c1-15(2)24-22(27)17(4)26(20-8-6-7-9-21(20)28-5)23-25-19(14-29-23)18-12-10-16(3)11-13-18/h6-15,17H,1-5H3,(H,24,27)/t17-/m1/s1. The lowest BCUT2D eigenvalue weighted by Crippen LogP contribution is -2.45. The number of nitrogens with zero attached hydrogens (tertiary/aromatic N) is 2. The van der Waals surface area contributed by atoms with Crippen LogP contribution in [0.2, 0.25) is 0 Å². The van der Waals surface area contributed by atoms with Crippen molar-refractivity contribution in [3.63, 3.8) is 0 Å². The number of carbonyl (C=O) groups excluding carboxylic acids is 1. The van der Waals surface area contributed by atoms with Crippen molar-refractivity contribution in [1.29, 1.82) is 0 Å². The minimum Gasteiger partial charge on any atom is -0.495 e. The number of methoxy groups -OCH3 is 1. The fourth-order valence-electron chi connectivity index (χ4n) is 3.06. The quantitative estimate of drug-likeness (QED) is 0.584. The van der Waals surface area contributed by atoms with Gasteiger partial charge in [-0.3, -0.25) is 4.79 Å². The summed E-state index contributed by atoms with van der Waals surface area (Å²) in [6.07, 6.45) is 0. The van der Waals surface area contributed by atoms with Crippen LogP contribution in [0.4, 0.5) is 10.8 Å². The highest BCUT2D eigenvalue weighted by atomic mass is 32.1. The molecular formula is C23H27N3O2S. The number of hydrogen-bond donors (Lipinski definition) is 1. The number of thiazole rings is 1. The lowest BCUT2D eigenvalue weighted by molar-refractivity contribution is -0.122. The van der Waals surface area contributed by atoms with Crippen molar-refractivity contribution in [3.8, 4) is 17.0 Å². The largest absolute Gasteiger partial charge is 0.495 e. The van der Waals surface area contributed by atoms with Crippen LogP contribution in [-0.2, 0) is 4.79 Å².